The lowest BCUT2D eigenvalue weighted by atomic mass is 10.2. The second kappa shape index (κ2) is 7.60. The average molecular weight is 337 g/mol. The highest BCUT2D eigenvalue weighted by molar-refractivity contribution is 6.31. The van der Waals surface area contributed by atoms with Crippen molar-refractivity contribution in [2.45, 2.75) is 0 Å². The first-order valence-corrected chi connectivity index (χ1v) is 7.05. The number of benzene rings is 2. The summed E-state index contributed by atoms with van der Waals surface area (Å²) in [7, 11) is 1.46. The van der Waals surface area contributed by atoms with Gasteiger partial charge in [-0.1, -0.05) is 23.7 Å². The van der Waals surface area contributed by atoms with E-state index in [0.717, 1.165) is 6.07 Å². The first kappa shape index (κ1) is 16.8. The van der Waals surface area contributed by atoms with Crippen molar-refractivity contribution in [2.24, 2.45) is 0 Å². The van der Waals surface area contributed by atoms with E-state index in [-0.39, 0.29) is 11.6 Å². The molecule has 0 aromatic heterocycles. The number of para-hydroxylation sites is 1. The molecule has 0 spiro atoms. The number of rotatable bonds is 5. The number of hydrogen-bond acceptors (Lipinski definition) is 3. The van der Waals surface area contributed by atoms with E-state index in [1.165, 1.54) is 19.2 Å². The maximum atomic E-state index is 13.0. The van der Waals surface area contributed by atoms with Gasteiger partial charge in [-0.2, -0.15) is 0 Å². The quantitative estimate of drug-likeness (QED) is 0.882. The Labute approximate surface area is 137 Å². The third kappa shape index (κ3) is 4.43. The highest BCUT2D eigenvalue weighted by atomic mass is 35.5. The summed E-state index contributed by atoms with van der Waals surface area (Å²) in [5.41, 5.74) is 0.667. The number of ether oxygens (including phenoxy) is 1. The van der Waals surface area contributed by atoms with E-state index in [1.807, 2.05) is 0 Å². The molecule has 120 valence electrons. The van der Waals surface area contributed by atoms with Crippen molar-refractivity contribution in [3.05, 3.63) is 58.9 Å². The highest BCUT2D eigenvalue weighted by Crippen LogP contribution is 2.19. The molecule has 2 amide bonds. The maximum absolute atomic E-state index is 13.0. The Morgan fingerprint density at radius 3 is 2.65 bits per heavy atom. The number of nitrogens with one attached hydrogen (secondary N) is 2. The molecule has 2 rings (SSSR count). The number of anilines is 1. The second-order valence-electron chi connectivity index (χ2n) is 4.56. The van der Waals surface area contributed by atoms with Crippen LogP contribution in [0.2, 0.25) is 5.02 Å². The minimum Gasteiger partial charge on any atom is -0.496 e. The van der Waals surface area contributed by atoms with Crippen LogP contribution in [0.25, 0.3) is 0 Å². The van der Waals surface area contributed by atoms with Gasteiger partial charge in [0.15, 0.2) is 0 Å². The number of carbonyl (C=O) groups is 2. The predicted octanol–water partition coefficient (Wildman–Crippen LogP) is 2.86. The van der Waals surface area contributed by atoms with E-state index in [0.29, 0.717) is 17.0 Å². The van der Waals surface area contributed by atoms with Crippen molar-refractivity contribution in [2.75, 3.05) is 19.0 Å². The predicted molar refractivity (Wildman–Crippen MR) is 85.4 cm³/mol. The molecule has 0 saturated carbocycles. The van der Waals surface area contributed by atoms with E-state index >= 15 is 0 Å². The van der Waals surface area contributed by atoms with Crippen LogP contribution in [0, 0.1) is 5.82 Å². The van der Waals surface area contributed by atoms with Gasteiger partial charge in [0.05, 0.1) is 24.2 Å². The third-order valence-corrected chi connectivity index (χ3v) is 3.25. The topological polar surface area (TPSA) is 67.4 Å². The summed E-state index contributed by atoms with van der Waals surface area (Å²) < 4.78 is 18.1. The van der Waals surface area contributed by atoms with Gasteiger partial charge < -0.3 is 15.4 Å². The Kier molecular flexibility index (Phi) is 5.54. The average Bonchev–Trinajstić information content (AvgIpc) is 2.56. The van der Waals surface area contributed by atoms with Crippen LogP contribution in [0.4, 0.5) is 10.1 Å². The maximum Gasteiger partial charge on any atom is 0.255 e. The molecule has 0 fully saturated rings. The fraction of sp³-hybridized carbons (Fsp3) is 0.125. The number of carbonyl (C=O) groups excluding carboxylic acids is 2. The van der Waals surface area contributed by atoms with E-state index in [9.17, 15) is 14.0 Å². The number of methoxy groups -OCH3 is 1. The monoisotopic (exact) mass is 336 g/mol. The van der Waals surface area contributed by atoms with Crippen molar-refractivity contribution in [1.82, 2.24) is 5.32 Å². The number of halogens is 2. The van der Waals surface area contributed by atoms with Gasteiger partial charge in [0, 0.05) is 5.69 Å². The van der Waals surface area contributed by atoms with Gasteiger partial charge in [0.1, 0.15) is 11.6 Å². The Morgan fingerprint density at radius 1 is 1.22 bits per heavy atom. The zero-order valence-electron chi connectivity index (χ0n) is 12.2. The van der Waals surface area contributed by atoms with Crippen LogP contribution in [0.3, 0.4) is 0 Å². The standard InChI is InChI=1S/C16H14ClFN2O3/c1-23-14-5-3-2-4-11(14)16(22)19-9-15(21)20-10-6-7-13(18)12(17)8-10/h2-8H,9H2,1H3,(H,19,22)(H,20,21). The van der Waals surface area contributed by atoms with Crippen molar-refractivity contribution < 1.29 is 18.7 Å². The fourth-order valence-corrected chi connectivity index (χ4v) is 2.05. The summed E-state index contributed by atoms with van der Waals surface area (Å²) in [6, 6.07) is 10.5. The molecule has 0 aliphatic carbocycles. The minimum atomic E-state index is -0.575. The molecule has 0 aliphatic rings. The molecule has 0 saturated heterocycles. The van der Waals surface area contributed by atoms with Crippen molar-refractivity contribution in [3.63, 3.8) is 0 Å². The Hall–Kier alpha value is -2.60. The molecule has 0 radical (unpaired) electrons. The van der Waals surface area contributed by atoms with Crippen LogP contribution < -0.4 is 15.4 Å². The largest absolute Gasteiger partial charge is 0.496 e. The van der Waals surface area contributed by atoms with Crippen LogP contribution >= 0.6 is 11.6 Å². The normalized spacial score (nSPS) is 10.0. The Morgan fingerprint density at radius 2 is 1.96 bits per heavy atom. The number of hydrogen-bond donors (Lipinski definition) is 2. The first-order valence-electron chi connectivity index (χ1n) is 6.67. The van der Waals surface area contributed by atoms with Gasteiger partial charge in [0.25, 0.3) is 5.91 Å². The zero-order valence-corrected chi connectivity index (χ0v) is 13.0. The summed E-state index contributed by atoms with van der Waals surface area (Å²) in [5, 5.41) is 4.89. The summed E-state index contributed by atoms with van der Waals surface area (Å²) in [6.07, 6.45) is 0. The Balaban J connectivity index is 1.93. The fourth-order valence-electron chi connectivity index (χ4n) is 1.87. The minimum absolute atomic E-state index is 0.0964. The molecular formula is C16H14ClFN2O3. The van der Waals surface area contributed by atoms with Crippen LogP contribution in [0.5, 0.6) is 5.75 Å². The summed E-state index contributed by atoms with van der Waals surface area (Å²) >= 11 is 5.63. The molecule has 0 heterocycles. The van der Waals surface area contributed by atoms with Gasteiger partial charge in [-0.3, -0.25) is 9.59 Å². The van der Waals surface area contributed by atoms with E-state index in [2.05, 4.69) is 10.6 Å². The van der Waals surface area contributed by atoms with Crippen LogP contribution in [0.1, 0.15) is 10.4 Å². The van der Waals surface area contributed by atoms with Crippen LogP contribution in [0.15, 0.2) is 42.5 Å². The molecule has 2 aromatic rings. The summed E-state index contributed by atoms with van der Waals surface area (Å²) in [4.78, 5) is 23.8. The molecule has 23 heavy (non-hydrogen) atoms. The lowest BCUT2D eigenvalue weighted by Crippen LogP contribution is -2.33. The second-order valence-corrected chi connectivity index (χ2v) is 4.97. The van der Waals surface area contributed by atoms with E-state index < -0.39 is 17.6 Å². The molecule has 0 atom stereocenters. The van der Waals surface area contributed by atoms with E-state index in [1.54, 1.807) is 24.3 Å². The third-order valence-electron chi connectivity index (χ3n) is 2.96. The molecule has 2 N–H and O–H groups in total. The van der Waals surface area contributed by atoms with Crippen molar-refractivity contribution >= 4 is 29.1 Å². The van der Waals surface area contributed by atoms with E-state index in [4.69, 9.17) is 16.3 Å². The summed E-state index contributed by atoms with van der Waals surface area (Å²) in [5.74, 6) is -1.06. The SMILES string of the molecule is COc1ccccc1C(=O)NCC(=O)Nc1ccc(F)c(Cl)c1. The first-order chi connectivity index (χ1) is 11.0. The van der Waals surface area contributed by atoms with Gasteiger partial charge in [0.2, 0.25) is 5.91 Å². The molecule has 0 bridgehead atoms. The smallest absolute Gasteiger partial charge is 0.255 e. The molecular weight excluding hydrogens is 323 g/mol. The van der Waals surface area contributed by atoms with Gasteiger partial charge in [-0.15, -0.1) is 0 Å². The highest BCUT2D eigenvalue weighted by Gasteiger charge is 2.13. The zero-order chi connectivity index (χ0) is 16.8. The van der Waals surface area contributed by atoms with Crippen LogP contribution in [-0.4, -0.2) is 25.5 Å². The van der Waals surface area contributed by atoms with Gasteiger partial charge in [-0.25, -0.2) is 4.39 Å². The molecule has 0 unspecified atom stereocenters. The molecule has 0 aliphatic heterocycles. The Bertz CT molecular complexity index is 737. The molecule has 7 heteroatoms. The summed E-state index contributed by atoms with van der Waals surface area (Å²) in [6.45, 7) is -0.244. The molecule has 2 aromatic carbocycles. The lowest BCUT2D eigenvalue weighted by Gasteiger charge is -2.09. The van der Waals surface area contributed by atoms with Crippen molar-refractivity contribution in [1.29, 1.82) is 0 Å². The van der Waals surface area contributed by atoms with Crippen LogP contribution in [-0.2, 0) is 4.79 Å². The lowest BCUT2D eigenvalue weighted by molar-refractivity contribution is -0.115. The van der Waals surface area contributed by atoms with Gasteiger partial charge in [-0.05, 0) is 30.3 Å². The number of amides is 2. The molecule has 5 nitrogen and oxygen atoms in total. The van der Waals surface area contributed by atoms with Gasteiger partial charge >= 0.3 is 0 Å². The van der Waals surface area contributed by atoms with Crippen molar-refractivity contribution in [3.8, 4) is 5.75 Å².